The number of benzene rings is 1. The minimum absolute atomic E-state index is 0.342. The van der Waals surface area contributed by atoms with Crippen molar-refractivity contribution in [3.8, 4) is 5.75 Å². The zero-order chi connectivity index (χ0) is 13.4. The molecule has 0 fully saturated rings. The van der Waals surface area contributed by atoms with Crippen molar-refractivity contribution in [2.75, 3.05) is 25.2 Å². The number of aryl methyl sites for hydroxylation is 1. The van der Waals surface area contributed by atoms with E-state index in [1.165, 1.54) is 11.1 Å². The summed E-state index contributed by atoms with van der Waals surface area (Å²) in [6.07, 6.45) is 3.25. The van der Waals surface area contributed by atoms with Gasteiger partial charge in [-0.05, 0) is 39.1 Å². The van der Waals surface area contributed by atoms with Gasteiger partial charge in [0.05, 0.1) is 6.61 Å². The topological polar surface area (TPSA) is 21.3 Å². The quantitative estimate of drug-likeness (QED) is 0.724. The smallest absolute Gasteiger partial charge is 0.124 e. The van der Waals surface area contributed by atoms with Crippen molar-refractivity contribution >= 4 is 11.8 Å². The number of thioether (sulfide) groups is 1. The van der Waals surface area contributed by atoms with Crippen LogP contribution in [-0.4, -0.2) is 25.2 Å². The van der Waals surface area contributed by atoms with Crippen molar-refractivity contribution < 1.29 is 4.74 Å². The first-order valence-electron chi connectivity index (χ1n) is 6.64. The molecule has 18 heavy (non-hydrogen) atoms. The molecular formula is C15H25NOS. The van der Waals surface area contributed by atoms with Crippen molar-refractivity contribution in [3.05, 3.63) is 29.3 Å². The average Bonchev–Trinajstić information content (AvgIpc) is 2.38. The Balaban J connectivity index is 2.75. The van der Waals surface area contributed by atoms with Gasteiger partial charge in [-0.1, -0.05) is 24.6 Å². The van der Waals surface area contributed by atoms with E-state index in [2.05, 4.69) is 50.5 Å². The predicted molar refractivity (Wildman–Crippen MR) is 81.8 cm³/mol. The zero-order valence-corrected chi connectivity index (χ0v) is 12.8. The van der Waals surface area contributed by atoms with Crippen LogP contribution in [0.2, 0.25) is 0 Å². The number of hydrogen-bond donors (Lipinski definition) is 1. The molecule has 1 aromatic carbocycles. The van der Waals surface area contributed by atoms with Gasteiger partial charge in [0.2, 0.25) is 0 Å². The van der Waals surface area contributed by atoms with E-state index in [1.807, 2.05) is 11.8 Å². The molecule has 0 bridgehead atoms. The molecule has 3 heteroatoms. The lowest BCUT2D eigenvalue weighted by atomic mass is 10.0. The minimum atomic E-state index is 0.342. The summed E-state index contributed by atoms with van der Waals surface area (Å²) in [7, 11) is 0. The minimum Gasteiger partial charge on any atom is -0.492 e. The SMILES string of the molecule is CCCNC(C)c1cc(C)ccc1OCCSC. The molecule has 0 heterocycles. The maximum atomic E-state index is 5.87. The average molecular weight is 267 g/mol. The number of hydrogen-bond acceptors (Lipinski definition) is 3. The molecule has 1 atom stereocenters. The normalized spacial score (nSPS) is 12.4. The van der Waals surface area contributed by atoms with E-state index in [0.717, 1.165) is 31.1 Å². The molecule has 0 aromatic heterocycles. The zero-order valence-electron chi connectivity index (χ0n) is 12.0. The van der Waals surface area contributed by atoms with Crippen LogP contribution in [0.3, 0.4) is 0 Å². The standard InChI is InChI=1S/C15H25NOS/c1-5-8-16-13(3)14-11-12(2)6-7-15(14)17-9-10-18-4/h6-7,11,13,16H,5,8-10H2,1-4H3. The first-order valence-corrected chi connectivity index (χ1v) is 8.04. The van der Waals surface area contributed by atoms with Gasteiger partial charge < -0.3 is 10.1 Å². The van der Waals surface area contributed by atoms with Crippen LogP contribution in [-0.2, 0) is 0 Å². The lowest BCUT2D eigenvalue weighted by molar-refractivity contribution is 0.336. The predicted octanol–water partition coefficient (Wildman–Crippen LogP) is 3.80. The summed E-state index contributed by atoms with van der Waals surface area (Å²) in [5, 5.41) is 3.52. The maximum Gasteiger partial charge on any atom is 0.124 e. The third-order valence-electron chi connectivity index (χ3n) is 2.88. The van der Waals surface area contributed by atoms with E-state index < -0.39 is 0 Å². The third kappa shape index (κ3) is 4.91. The van der Waals surface area contributed by atoms with Crippen LogP contribution in [0.1, 0.15) is 37.4 Å². The number of ether oxygens (including phenoxy) is 1. The van der Waals surface area contributed by atoms with Crippen LogP contribution in [0.4, 0.5) is 0 Å². The van der Waals surface area contributed by atoms with Crippen LogP contribution >= 0.6 is 11.8 Å². The summed E-state index contributed by atoms with van der Waals surface area (Å²) in [5.41, 5.74) is 2.55. The summed E-state index contributed by atoms with van der Waals surface area (Å²) in [4.78, 5) is 0. The Morgan fingerprint density at radius 1 is 1.39 bits per heavy atom. The van der Waals surface area contributed by atoms with Crippen LogP contribution in [0.25, 0.3) is 0 Å². The van der Waals surface area contributed by atoms with E-state index in [4.69, 9.17) is 4.74 Å². The van der Waals surface area contributed by atoms with Gasteiger partial charge in [0, 0.05) is 17.4 Å². The van der Waals surface area contributed by atoms with Gasteiger partial charge >= 0.3 is 0 Å². The van der Waals surface area contributed by atoms with Crippen LogP contribution in [0.15, 0.2) is 18.2 Å². The fourth-order valence-electron chi connectivity index (χ4n) is 1.84. The van der Waals surface area contributed by atoms with Gasteiger partial charge in [0.1, 0.15) is 5.75 Å². The molecule has 0 aliphatic heterocycles. The van der Waals surface area contributed by atoms with Gasteiger partial charge in [0.25, 0.3) is 0 Å². The van der Waals surface area contributed by atoms with Crippen LogP contribution < -0.4 is 10.1 Å². The Kier molecular flexibility index (Phi) is 7.21. The Morgan fingerprint density at radius 2 is 2.17 bits per heavy atom. The largest absolute Gasteiger partial charge is 0.492 e. The lowest BCUT2D eigenvalue weighted by Gasteiger charge is -2.18. The maximum absolute atomic E-state index is 5.87. The number of rotatable bonds is 8. The van der Waals surface area contributed by atoms with Crippen molar-refractivity contribution in [2.45, 2.75) is 33.2 Å². The van der Waals surface area contributed by atoms with E-state index in [1.54, 1.807) is 0 Å². The molecule has 102 valence electrons. The van der Waals surface area contributed by atoms with Gasteiger partial charge in [0.15, 0.2) is 0 Å². The molecule has 0 aliphatic rings. The van der Waals surface area contributed by atoms with Gasteiger partial charge in [-0.2, -0.15) is 11.8 Å². The second-order valence-corrected chi connectivity index (χ2v) is 5.54. The molecule has 0 amide bonds. The summed E-state index contributed by atoms with van der Waals surface area (Å²) in [5.74, 6) is 2.05. The molecule has 1 N–H and O–H groups in total. The summed E-state index contributed by atoms with van der Waals surface area (Å²) < 4.78 is 5.87. The Morgan fingerprint density at radius 3 is 2.83 bits per heavy atom. The Hall–Kier alpha value is -0.670. The molecule has 1 aromatic rings. The molecular weight excluding hydrogens is 242 g/mol. The molecule has 0 spiro atoms. The molecule has 0 radical (unpaired) electrons. The molecule has 0 saturated carbocycles. The summed E-state index contributed by atoms with van der Waals surface area (Å²) in [6.45, 7) is 8.33. The third-order valence-corrected chi connectivity index (χ3v) is 3.45. The van der Waals surface area contributed by atoms with Crippen LogP contribution in [0.5, 0.6) is 5.75 Å². The van der Waals surface area contributed by atoms with Crippen molar-refractivity contribution in [3.63, 3.8) is 0 Å². The first kappa shape index (κ1) is 15.4. The molecule has 2 nitrogen and oxygen atoms in total. The Labute approximate surface area is 116 Å². The summed E-state index contributed by atoms with van der Waals surface area (Å²) in [6, 6.07) is 6.77. The van der Waals surface area contributed by atoms with E-state index in [9.17, 15) is 0 Å². The van der Waals surface area contributed by atoms with Crippen molar-refractivity contribution in [2.24, 2.45) is 0 Å². The van der Waals surface area contributed by atoms with Gasteiger partial charge in [-0.15, -0.1) is 0 Å². The molecule has 0 aliphatic carbocycles. The number of nitrogens with one attached hydrogen (secondary N) is 1. The summed E-state index contributed by atoms with van der Waals surface area (Å²) >= 11 is 1.81. The van der Waals surface area contributed by atoms with Crippen LogP contribution in [0, 0.1) is 6.92 Å². The lowest BCUT2D eigenvalue weighted by Crippen LogP contribution is -2.20. The second-order valence-electron chi connectivity index (χ2n) is 4.56. The molecule has 0 saturated heterocycles. The van der Waals surface area contributed by atoms with Gasteiger partial charge in [-0.3, -0.25) is 0 Å². The van der Waals surface area contributed by atoms with E-state index in [0.29, 0.717) is 6.04 Å². The van der Waals surface area contributed by atoms with E-state index >= 15 is 0 Å². The Bertz CT molecular complexity index is 354. The first-order chi connectivity index (χ1) is 8.69. The highest BCUT2D eigenvalue weighted by atomic mass is 32.2. The molecule has 1 rings (SSSR count). The molecule has 1 unspecified atom stereocenters. The highest BCUT2D eigenvalue weighted by molar-refractivity contribution is 7.98. The van der Waals surface area contributed by atoms with E-state index in [-0.39, 0.29) is 0 Å². The van der Waals surface area contributed by atoms with Gasteiger partial charge in [-0.25, -0.2) is 0 Å². The highest BCUT2D eigenvalue weighted by Gasteiger charge is 2.11. The van der Waals surface area contributed by atoms with Crippen molar-refractivity contribution in [1.82, 2.24) is 5.32 Å². The van der Waals surface area contributed by atoms with Crippen molar-refractivity contribution in [1.29, 1.82) is 0 Å². The highest BCUT2D eigenvalue weighted by Crippen LogP contribution is 2.26. The second kappa shape index (κ2) is 8.44. The fraction of sp³-hybridized carbons (Fsp3) is 0.600. The fourth-order valence-corrected chi connectivity index (χ4v) is 2.09. The monoisotopic (exact) mass is 267 g/mol.